The fraction of sp³-hybridized carbons (Fsp3) is 0.333. The van der Waals surface area contributed by atoms with E-state index in [1.165, 1.54) is 4.90 Å². The molecule has 4 rings (SSSR count). The zero-order valence-corrected chi connectivity index (χ0v) is 15.5. The van der Waals surface area contributed by atoms with E-state index in [0.717, 1.165) is 17.2 Å². The summed E-state index contributed by atoms with van der Waals surface area (Å²) in [6.07, 6.45) is -4.91. The number of fused-ring (bicyclic) bond motifs is 3. The van der Waals surface area contributed by atoms with Crippen molar-refractivity contribution in [2.45, 2.75) is 25.1 Å². The molecule has 0 saturated carbocycles. The summed E-state index contributed by atoms with van der Waals surface area (Å²) in [6, 6.07) is 9.46. The van der Waals surface area contributed by atoms with Crippen molar-refractivity contribution in [3.8, 4) is 0 Å². The number of piperazine rings is 1. The molecule has 2 heterocycles. The highest BCUT2D eigenvalue weighted by Gasteiger charge is 2.41. The third-order valence-electron chi connectivity index (χ3n) is 5.58. The Morgan fingerprint density at radius 3 is 2.45 bits per heavy atom. The molecule has 0 aromatic heterocycles. The molecule has 152 valence electrons. The molecule has 1 saturated heterocycles. The largest absolute Gasteiger partial charge is 0.419 e. The number of benzene rings is 2. The first-order chi connectivity index (χ1) is 13.7. The van der Waals surface area contributed by atoms with Gasteiger partial charge in [0.2, 0.25) is 5.91 Å². The number of nitrogens with zero attached hydrogens (tertiary/aromatic N) is 2. The summed E-state index contributed by atoms with van der Waals surface area (Å²) in [4.78, 5) is 28.5. The van der Waals surface area contributed by atoms with Crippen molar-refractivity contribution in [2.24, 2.45) is 0 Å². The first-order valence-corrected chi connectivity index (χ1v) is 9.21. The second-order valence-corrected chi connectivity index (χ2v) is 7.47. The molecular weight excluding hydrogens is 388 g/mol. The Hall–Kier alpha value is -2.90. The van der Waals surface area contributed by atoms with Crippen molar-refractivity contribution in [1.29, 1.82) is 0 Å². The van der Waals surface area contributed by atoms with Crippen molar-refractivity contribution >= 4 is 11.8 Å². The van der Waals surface area contributed by atoms with Crippen LogP contribution in [0.1, 0.15) is 45.9 Å². The van der Waals surface area contributed by atoms with Gasteiger partial charge in [-0.2, -0.15) is 13.2 Å². The van der Waals surface area contributed by atoms with Crippen molar-refractivity contribution < 1.29 is 27.2 Å². The fourth-order valence-electron chi connectivity index (χ4n) is 4.16. The maximum absolute atomic E-state index is 13.6. The topological polar surface area (TPSA) is 40.6 Å². The van der Waals surface area contributed by atoms with E-state index in [9.17, 15) is 27.2 Å². The van der Waals surface area contributed by atoms with Crippen molar-refractivity contribution in [3.63, 3.8) is 0 Å². The van der Waals surface area contributed by atoms with E-state index in [1.54, 1.807) is 4.90 Å². The molecular formula is C21H18F4N2O2. The van der Waals surface area contributed by atoms with Crippen molar-refractivity contribution in [2.75, 3.05) is 19.6 Å². The predicted octanol–water partition coefficient (Wildman–Crippen LogP) is 3.99. The molecule has 0 N–H and O–H groups in total. The molecule has 2 aromatic rings. The summed E-state index contributed by atoms with van der Waals surface area (Å²) in [5.41, 5.74) is 0.242. The van der Waals surface area contributed by atoms with Gasteiger partial charge in [-0.25, -0.2) is 4.39 Å². The number of hydrogen-bond acceptors (Lipinski definition) is 2. The van der Waals surface area contributed by atoms with Crippen LogP contribution in [0.25, 0.3) is 0 Å². The molecule has 0 spiro atoms. The number of carbonyl (C=O) groups is 2. The van der Waals surface area contributed by atoms with Gasteiger partial charge in [0.05, 0.1) is 11.6 Å². The van der Waals surface area contributed by atoms with Crippen LogP contribution in [0.15, 0.2) is 42.5 Å². The zero-order chi connectivity index (χ0) is 20.9. The standard InChI is InChI=1S/C21H18F4N2O2/c1-12-9-27-18(15-5-3-2-4-14(12)15)10-26(11-19(27)28)20(29)13-6-7-17(22)16(8-13)21(23,24)25/h2-8,12,18H,9-11H2,1H3/t12-,18+/m1/s1. The minimum absolute atomic E-state index is 0.153. The highest BCUT2D eigenvalue weighted by atomic mass is 19.4. The number of alkyl halides is 3. The van der Waals surface area contributed by atoms with Gasteiger partial charge in [-0.3, -0.25) is 9.59 Å². The SMILES string of the molecule is C[C@@H]1CN2C(=O)CN(C(=O)c3ccc(F)c(C(F)(F)F)c3)C[C@H]2c2ccccc21. The molecule has 0 radical (unpaired) electrons. The van der Waals surface area contributed by atoms with E-state index >= 15 is 0 Å². The minimum atomic E-state index is -4.91. The molecule has 2 aliphatic rings. The summed E-state index contributed by atoms with van der Waals surface area (Å²) in [6.45, 7) is 2.50. The maximum atomic E-state index is 13.6. The number of halogens is 4. The Kier molecular flexibility index (Phi) is 4.59. The molecule has 2 aromatic carbocycles. The lowest BCUT2D eigenvalue weighted by molar-refractivity contribution is -0.141. The van der Waals surface area contributed by atoms with E-state index in [2.05, 4.69) is 0 Å². The van der Waals surface area contributed by atoms with Gasteiger partial charge in [-0.15, -0.1) is 0 Å². The Balaban J connectivity index is 1.66. The minimum Gasteiger partial charge on any atom is -0.332 e. The van der Waals surface area contributed by atoms with Gasteiger partial charge in [0.15, 0.2) is 0 Å². The van der Waals surface area contributed by atoms with Crippen molar-refractivity contribution in [1.82, 2.24) is 9.80 Å². The van der Waals surface area contributed by atoms with E-state index in [-0.39, 0.29) is 36.5 Å². The lowest BCUT2D eigenvalue weighted by Crippen LogP contribution is -2.56. The number of carbonyl (C=O) groups excluding carboxylic acids is 2. The number of rotatable bonds is 1. The van der Waals surface area contributed by atoms with Crippen LogP contribution >= 0.6 is 0 Å². The summed E-state index contributed by atoms with van der Waals surface area (Å²) in [5, 5.41) is 0. The molecule has 0 unspecified atom stereocenters. The molecule has 1 fully saturated rings. The molecule has 2 amide bonds. The van der Waals surface area contributed by atoms with Crippen LogP contribution in [0.5, 0.6) is 0 Å². The highest BCUT2D eigenvalue weighted by Crippen LogP contribution is 2.38. The van der Waals surface area contributed by atoms with Crippen LogP contribution in [-0.4, -0.2) is 41.2 Å². The second kappa shape index (κ2) is 6.86. The molecule has 0 bridgehead atoms. The normalized spacial score (nSPS) is 21.6. The maximum Gasteiger partial charge on any atom is 0.419 e. The molecule has 8 heteroatoms. The Morgan fingerprint density at radius 2 is 1.76 bits per heavy atom. The average Bonchev–Trinajstić information content (AvgIpc) is 2.68. The van der Waals surface area contributed by atoms with Gasteiger partial charge in [-0.1, -0.05) is 31.2 Å². The van der Waals surface area contributed by atoms with Crippen LogP contribution in [0.2, 0.25) is 0 Å². The van der Waals surface area contributed by atoms with Crippen LogP contribution in [0.4, 0.5) is 17.6 Å². The summed E-state index contributed by atoms with van der Waals surface area (Å²) in [5.74, 6) is -2.26. The monoisotopic (exact) mass is 406 g/mol. The number of hydrogen-bond donors (Lipinski definition) is 0. The van der Waals surface area contributed by atoms with Gasteiger partial charge in [0, 0.05) is 18.7 Å². The first kappa shape index (κ1) is 19.4. The highest BCUT2D eigenvalue weighted by molar-refractivity contribution is 5.97. The summed E-state index contributed by atoms with van der Waals surface area (Å²) < 4.78 is 52.5. The first-order valence-electron chi connectivity index (χ1n) is 9.21. The van der Waals surface area contributed by atoms with Crippen LogP contribution in [-0.2, 0) is 11.0 Å². The van der Waals surface area contributed by atoms with Gasteiger partial charge in [0.1, 0.15) is 12.4 Å². The van der Waals surface area contributed by atoms with E-state index in [4.69, 9.17) is 0 Å². The number of amides is 2. The van der Waals surface area contributed by atoms with Crippen LogP contribution < -0.4 is 0 Å². The molecule has 2 aliphatic heterocycles. The Morgan fingerprint density at radius 1 is 1.07 bits per heavy atom. The van der Waals surface area contributed by atoms with E-state index in [0.29, 0.717) is 18.7 Å². The lowest BCUT2D eigenvalue weighted by atomic mass is 9.85. The summed E-state index contributed by atoms with van der Waals surface area (Å²) >= 11 is 0. The van der Waals surface area contributed by atoms with Gasteiger partial charge in [0.25, 0.3) is 5.91 Å². The average molecular weight is 406 g/mol. The quantitative estimate of drug-likeness (QED) is 0.672. The molecule has 4 nitrogen and oxygen atoms in total. The third kappa shape index (κ3) is 3.36. The second-order valence-electron chi connectivity index (χ2n) is 7.47. The van der Waals surface area contributed by atoms with Crippen molar-refractivity contribution in [3.05, 3.63) is 70.5 Å². The zero-order valence-electron chi connectivity index (χ0n) is 15.5. The van der Waals surface area contributed by atoms with Crippen LogP contribution in [0, 0.1) is 5.82 Å². The molecule has 2 atom stereocenters. The van der Waals surface area contributed by atoms with Gasteiger partial charge < -0.3 is 9.80 Å². The molecule has 29 heavy (non-hydrogen) atoms. The predicted molar refractivity (Wildman–Crippen MR) is 96.6 cm³/mol. The van der Waals surface area contributed by atoms with E-state index < -0.39 is 23.5 Å². The summed E-state index contributed by atoms with van der Waals surface area (Å²) in [7, 11) is 0. The lowest BCUT2D eigenvalue weighted by Gasteiger charge is -2.46. The Labute approximate surface area is 164 Å². The Bertz CT molecular complexity index is 989. The smallest absolute Gasteiger partial charge is 0.332 e. The van der Waals surface area contributed by atoms with Gasteiger partial charge in [-0.05, 0) is 35.2 Å². The fourth-order valence-corrected chi connectivity index (χ4v) is 4.16. The third-order valence-corrected chi connectivity index (χ3v) is 5.58. The van der Waals surface area contributed by atoms with E-state index in [1.807, 2.05) is 31.2 Å². The van der Waals surface area contributed by atoms with Crippen LogP contribution in [0.3, 0.4) is 0 Å². The van der Waals surface area contributed by atoms with Gasteiger partial charge >= 0.3 is 6.18 Å². The molecule has 0 aliphatic carbocycles.